The molecule has 1 aromatic heterocycles. The molecule has 1 aliphatic rings. The number of aromatic nitrogens is 1. The summed E-state index contributed by atoms with van der Waals surface area (Å²) < 4.78 is 11.7. The minimum Gasteiger partial charge on any atom is -0.383 e. The second-order valence-corrected chi connectivity index (χ2v) is 6.03. The summed E-state index contributed by atoms with van der Waals surface area (Å²) in [4.78, 5) is 4.48. The van der Waals surface area contributed by atoms with E-state index in [0.29, 0.717) is 0 Å². The summed E-state index contributed by atoms with van der Waals surface area (Å²) in [7, 11) is 1.72. The topological polar surface area (TPSA) is 43.4 Å². The number of halogens is 1. The van der Waals surface area contributed by atoms with Crippen molar-refractivity contribution in [2.45, 2.75) is 12.8 Å². The molecule has 1 saturated heterocycles. The Morgan fingerprint density at radius 1 is 1.53 bits per heavy atom. The predicted molar refractivity (Wildman–Crippen MR) is 78.3 cm³/mol. The Morgan fingerprint density at radius 3 is 3.05 bits per heavy atom. The zero-order chi connectivity index (χ0) is 13.6. The van der Waals surface area contributed by atoms with Crippen LogP contribution in [-0.4, -0.2) is 45.0 Å². The van der Waals surface area contributed by atoms with Gasteiger partial charge in [0, 0.05) is 48.6 Å². The molecule has 2 heterocycles. The van der Waals surface area contributed by atoms with Crippen molar-refractivity contribution in [2.24, 2.45) is 5.41 Å². The molecule has 1 atom stereocenters. The van der Waals surface area contributed by atoms with Gasteiger partial charge < -0.3 is 14.8 Å². The molecule has 106 valence electrons. The van der Waals surface area contributed by atoms with Crippen LogP contribution in [0, 0.1) is 5.41 Å². The van der Waals surface area contributed by atoms with Crippen molar-refractivity contribution in [1.29, 1.82) is 0 Å². The Morgan fingerprint density at radius 2 is 2.42 bits per heavy atom. The summed E-state index contributed by atoms with van der Waals surface area (Å²) in [5.41, 5.74) is 1.30. The molecule has 0 saturated carbocycles. The molecule has 1 fully saturated rings. The zero-order valence-electron chi connectivity index (χ0n) is 11.3. The zero-order valence-corrected chi connectivity index (χ0v) is 12.9. The quantitative estimate of drug-likeness (QED) is 0.778. The molecule has 1 aliphatic heterocycles. The minimum absolute atomic E-state index is 0.175. The first-order valence-electron chi connectivity index (χ1n) is 6.62. The lowest BCUT2D eigenvalue weighted by molar-refractivity contribution is 0.144. The molecular formula is C14H21BrN2O2. The van der Waals surface area contributed by atoms with E-state index < -0.39 is 0 Å². The van der Waals surface area contributed by atoms with Crippen LogP contribution in [0.3, 0.4) is 0 Å². The van der Waals surface area contributed by atoms with Gasteiger partial charge in [0.25, 0.3) is 0 Å². The fourth-order valence-corrected chi connectivity index (χ4v) is 2.65. The lowest BCUT2D eigenvalue weighted by Gasteiger charge is -2.27. The molecule has 0 amide bonds. The van der Waals surface area contributed by atoms with E-state index in [9.17, 15) is 0 Å². The molecule has 0 aliphatic carbocycles. The summed E-state index contributed by atoms with van der Waals surface area (Å²) in [6.45, 7) is 4.24. The van der Waals surface area contributed by atoms with Crippen molar-refractivity contribution in [3.63, 3.8) is 0 Å². The highest BCUT2D eigenvalue weighted by atomic mass is 79.9. The van der Waals surface area contributed by atoms with Gasteiger partial charge in [-0.05, 0) is 40.9 Å². The second-order valence-electron chi connectivity index (χ2n) is 5.12. The predicted octanol–water partition coefficient (Wildman–Crippen LogP) is 2.03. The summed E-state index contributed by atoms with van der Waals surface area (Å²) in [6.07, 6.45) is 3.90. The lowest BCUT2D eigenvalue weighted by atomic mass is 9.82. The van der Waals surface area contributed by atoms with E-state index in [1.807, 2.05) is 12.3 Å². The third kappa shape index (κ3) is 4.53. The molecule has 0 bridgehead atoms. The van der Waals surface area contributed by atoms with Crippen molar-refractivity contribution in [3.05, 3.63) is 28.5 Å². The first kappa shape index (κ1) is 14.9. The van der Waals surface area contributed by atoms with Gasteiger partial charge in [0.1, 0.15) is 0 Å². The highest BCUT2D eigenvalue weighted by molar-refractivity contribution is 9.10. The van der Waals surface area contributed by atoms with Gasteiger partial charge in [-0.25, -0.2) is 0 Å². The van der Waals surface area contributed by atoms with Crippen molar-refractivity contribution in [3.8, 4) is 0 Å². The van der Waals surface area contributed by atoms with Gasteiger partial charge >= 0.3 is 0 Å². The average Bonchev–Trinajstić information content (AvgIpc) is 2.87. The SMILES string of the molecule is COCCNCC1(Cc2ccc(Br)cn2)CCOC1. The Balaban J connectivity index is 1.93. The first-order valence-corrected chi connectivity index (χ1v) is 7.41. The van der Waals surface area contributed by atoms with Crippen LogP contribution < -0.4 is 5.32 Å². The van der Waals surface area contributed by atoms with Crippen LogP contribution in [0.4, 0.5) is 0 Å². The van der Waals surface area contributed by atoms with Crippen LogP contribution in [0.15, 0.2) is 22.8 Å². The normalized spacial score (nSPS) is 22.8. The lowest BCUT2D eigenvalue weighted by Crippen LogP contribution is -2.38. The molecule has 1 N–H and O–H groups in total. The first-order chi connectivity index (χ1) is 9.24. The molecule has 1 aromatic rings. The van der Waals surface area contributed by atoms with Crippen LogP contribution in [-0.2, 0) is 15.9 Å². The smallest absolute Gasteiger partial charge is 0.0587 e. The molecule has 5 heteroatoms. The Kier molecular flexibility index (Phi) is 5.76. The van der Waals surface area contributed by atoms with Crippen LogP contribution in [0.25, 0.3) is 0 Å². The molecular weight excluding hydrogens is 308 g/mol. The molecule has 19 heavy (non-hydrogen) atoms. The van der Waals surface area contributed by atoms with Crippen LogP contribution in [0.1, 0.15) is 12.1 Å². The average molecular weight is 329 g/mol. The number of hydrogen-bond donors (Lipinski definition) is 1. The maximum Gasteiger partial charge on any atom is 0.0587 e. The third-order valence-corrected chi connectivity index (χ3v) is 3.98. The highest BCUT2D eigenvalue weighted by Gasteiger charge is 2.35. The van der Waals surface area contributed by atoms with Gasteiger partial charge in [0.05, 0.1) is 13.2 Å². The van der Waals surface area contributed by atoms with E-state index in [1.54, 1.807) is 7.11 Å². The second kappa shape index (κ2) is 7.33. The molecule has 0 spiro atoms. The van der Waals surface area contributed by atoms with Crippen LogP contribution >= 0.6 is 15.9 Å². The molecule has 0 radical (unpaired) electrons. The van der Waals surface area contributed by atoms with E-state index in [0.717, 1.165) is 55.9 Å². The standard InChI is InChI=1S/C14H21BrN2O2/c1-18-7-5-16-10-14(4-6-19-11-14)8-13-3-2-12(15)9-17-13/h2-3,9,16H,4-8,10-11H2,1H3. The van der Waals surface area contributed by atoms with Gasteiger partial charge in [-0.3, -0.25) is 4.98 Å². The summed E-state index contributed by atoms with van der Waals surface area (Å²) in [5, 5.41) is 3.46. The number of hydrogen-bond acceptors (Lipinski definition) is 4. The maximum absolute atomic E-state index is 5.61. The fraction of sp³-hybridized carbons (Fsp3) is 0.643. The molecule has 2 rings (SSSR count). The maximum atomic E-state index is 5.61. The number of methoxy groups -OCH3 is 1. The summed E-state index contributed by atoms with van der Waals surface area (Å²) in [5.74, 6) is 0. The number of rotatable bonds is 7. The Labute approximate surface area is 123 Å². The number of nitrogens with zero attached hydrogens (tertiary/aromatic N) is 1. The molecule has 4 nitrogen and oxygen atoms in total. The van der Waals surface area contributed by atoms with E-state index in [2.05, 4.69) is 32.3 Å². The van der Waals surface area contributed by atoms with Crippen molar-refractivity contribution in [2.75, 3.05) is 40.0 Å². The van der Waals surface area contributed by atoms with E-state index >= 15 is 0 Å². The Hall–Kier alpha value is -0.490. The number of pyridine rings is 1. The van der Waals surface area contributed by atoms with Crippen LogP contribution in [0.2, 0.25) is 0 Å². The minimum atomic E-state index is 0.175. The molecule has 0 aromatic carbocycles. The number of nitrogens with one attached hydrogen (secondary N) is 1. The van der Waals surface area contributed by atoms with Crippen molar-refractivity contribution < 1.29 is 9.47 Å². The van der Waals surface area contributed by atoms with Gasteiger partial charge in [0.2, 0.25) is 0 Å². The van der Waals surface area contributed by atoms with E-state index in [4.69, 9.17) is 9.47 Å². The fourth-order valence-electron chi connectivity index (χ4n) is 2.41. The summed E-state index contributed by atoms with van der Waals surface area (Å²) >= 11 is 3.42. The monoisotopic (exact) mass is 328 g/mol. The van der Waals surface area contributed by atoms with Gasteiger partial charge in [-0.2, -0.15) is 0 Å². The number of ether oxygens (including phenoxy) is 2. The van der Waals surface area contributed by atoms with Gasteiger partial charge in [-0.1, -0.05) is 0 Å². The van der Waals surface area contributed by atoms with E-state index in [-0.39, 0.29) is 5.41 Å². The van der Waals surface area contributed by atoms with Gasteiger partial charge in [0.15, 0.2) is 0 Å². The van der Waals surface area contributed by atoms with Crippen molar-refractivity contribution in [1.82, 2.24) is 10.3 Å². The van der Waals surface area contributed by atoms with Crippen molar-refractivity contribution >= 4 is 15.9 Å². The third-order valence-electron chi connectivity index (χ3n) is 3.51. The van der Waals surface area contributed by atoms with E-state index in [1.165, 1.54) is 0 Å². The highest BCUT2D eigenvalue weighted by Crippen LogP contribution is 2.31. The molecule has 1 unspecified atom stereocenters. The Bertz CT molecular complexity index is 378. The summed E-state index contributed by atoms with van der Waals surface area (Å²) in [6, 6.07) is 4.13. The van der Waals surface area contributed by atoms with Gasteiger partial charge in [-0.15, -0.1) is 0 Å². The van der Waals surface area contributed by atoms with Crippen LogP contribution in [0.5, 0.6) is 0 Å². The largest absolute Gasteiger partial charge is 0.383 e.